The van der Waals surface area contributed by atoms with Crippen LogP contribution in [0.2, 0.25) is 0 Å². The summed E-state index contributed by atoms with van der Waals surface area (Å²) in [6, 6.07) is 15.4. The molecule has 0 aromatic heterocycles. The predicted octanol–water partition coefficient (Wildman–Crippen LogP) is 3.95. The number of hydrogen-bond acceptors (Lipinski definition) is 5. The maximum atomic E-state index is 11.8. The highest BCUT2D eigenvalue weighted by atomic mass is 16.5. The second kappa shape index (κ2) is 6.78. The lowest BCUT2D eigenvalue weighted by Crippen LogP contribution is -2.02. The van der Waals surface area contributed by atoms with E-state index in [1.807, 2.05) is 31.2 Å². The van der Waals surface area contributed by atoms with E-state index < -0.39 is 0 Å². The van der Waals surface area contributed by atoms with Crippen LogP contribution in [-0.4, -0.2) is 23.4 Å². The Morgan fingerprint density at radius 3 is 2.59 bits per heavy atom. The largest absolute Gasteiger partial charge is 0.508 e. The van der Waals surface area contributed by atoms with Crippen molar-refractivity contribution in [1.82, 2.24) is 0 Å². The van der Waals surface area contributed by atoms with Gasteiger partial charge in [0.15, 0.2) is 5.43 Å². The van der Waals surface area contributed by atoms with Gasteiger partial charge in [0.2, 0.25) is 0 Å². The number of benzene rings is 3. The molecule has 136 valence electrons. The van der Waals surface area contributed by atoms with Gasteiger partial charge in [-0.15, -0.1) is 0 Å². The molecule has 0 spiro atoms. The van der Waals surface area contributed by atoms with Gasteiger partial charge in [0.1, 0.15) is 29.4 Å². The number of aliphatic hydroxyl groups is 1. The maximum Gasteiger partial charge on any atom is 0.182 e. The summed E-state index contributed by atoms with van der Waals surface area (Å²) in [5.74, 6) is 1.24. The van der Waals surface area contributed by atoms with Gasteiger partial charge >= 0.3 is 0 Å². The molecule has 0 fully saturated rings. The molecule has 1 aliphatic heterocycles. The highest BCUT2D eigenvalue weighted by molar-refractivity contribution is 6.02. The molecule has 0 saturated heterocycles. The van der Waals surface area contributed by atoms with Crippen LogP contribution >= 0.6 is 0 Å². The first-order valence-corrected chi connectivity index (χ1v) is 8.61. The van der Waals surface area contributed by atoms with Crippen LogP contribution in [0.25, 0.3) is 33.4 Å². The Kier molecular flexibility index (Phi) is 4.30. The Morgan fingerprint density at radius 2 is 1.81 bits per heavy atom. The fourth-order valence-corrected chi connectivity index (χ4v) is 3.32. The van der Waals surface area contributed by atoms with Gasteiger partial charge in [-0.25, -0.2) is 0 Å². The van der Waals surface area contributed by atoms with Crippen molar-refractivity contribution in [3.05, 3.63) is 70.4 Å². The molecule has 4 rings (SSSR count). The zero-order valence-electron chi connectivity index (χ0n) is 14.7. The molecule has 0 radical (unpaired) electrons. The maximum absolute atomic E-state index is 11.8. The molecular formula is C22H18O5. The zero-order valence-corrected chi connectivity index (χ0v) is 14.7. The summed E-state index contributed by atoms with van der Waals surface area (Å²) < 4.78 is 11.4. The predicted molar refractivity (Wildman–Crippen MR) is 104 cm³/mol. The molecule has 2 N–H and O–H groups in total. The first-order valence-electron chi connectivity index (χ1n) is 8.61. The summed E-state index contributed by atoms with van der Waals surface area (Å²) >= 11 is 0. The third kappa shape index (κ3) is 3.13. The van der Waals surface area contributed by atoms with E-state index in [2.05, 4.69) is 0 Å². The van der Waals surface area contributed by atoms with Gasteiger partial charge < -0.3 is 19.4 Å². The Balaban J connectivity index is 2.01. The Labute approximate surface area is 155 Å². The van der Waals surface area contributed by atoms with E-state index in [1.165, 1.54) is 12.1 Å². The fourth-order valence-electron chi connectivity index (χ4n) is 3.32. The lowest BCUT2D eigenvalue weighted by Gasteiger charge is -2.17. The van der Waals surface area contributed by atoms with E-state index in [9.17, 15) is 9.90 Å². The molecule has 0 amide bonds. The molecule has 0 bridgehead atoms. The van der Waals surface area contributed by atoms with Crippen LogP contribution in [0.1, 0.15) is 5.56 Å². The van der Waals surface area contributed by atoms with Crippen LogP contribution in [-0.2, 0) is 0 Å². The number of fused-ring (bicyclic) bond motifs is 2. The van der Waals surface area contributed by atoms with Gasteiger partial charge in [-0.2, -0.15) is 0 Å². The second-order valence-electron chi connectivity index (χ2n) is 6.36. The van der Waals surface area contributed by atoms with E-state index >= 15 is 0 Å². The van der Waals surface area contributed by atoms with Crippen molar-refractivity contribution in [2.24, 2.45) is 0 Å². The average Bonchev–Trinajstić information content (AvgIpc) is 2.64. The molecule has 27 heavy (non-hydrogen) atoms. The molecule has 2 aliphatic rings. The molecule has 1 aliphatic carbocycles. The van der Waals surface area contributed by atoms with Crippen LogP contribution in [0.4, 0.5) is 0 Å². The summed E-state index contributed by atoms with van der Waals surface area (Å²) in [5, 5.41) is 19.6. The summed E-state index contributed by atoms with van der Waals surface area (Å²) in [4.78, 5) is 11.8. The van der Waals surface area contributed by atoms with Gasteiger partial charge in [-0.1, -0.05) is 6.07 Å². The van der Waals surface area contributed by atoms with Gasteiger partial charge in [0.05, 0.1) is 6.61 Å². The number of rotatable bonds is 4. The van der Waals surface area contributed by atoms with Crippen molar-refractivity contribution in [2.45, 2.75) is 6.92 Å². The second-order valence-corrected chi connectivity index (χ2v) is 6.36. The number of phenols is 1. The molecule has 1 heterocycles. The number of aromatic hydroxyl groups is 1. The molecule has 2 aromatic carbocycles. The Morgan fingerprint density at radius 1 is 1.00 bits per heavy atom. The van der Waals surface area contributed by atoms with Gasteiger partial charge in [0.25, 0.3) is 0 Å². The molecule has 5 nitrogen and oxygen atoms in total. The van der Waals surface area contributed by atoms with Gasteiger partial charge in [-0.3, -0.25) is 4.79 Å². The lowest BCUT2D eigenvalue weighted by molar-refractivity contribution is 0.201. The van der Waals surface area contributed by atoms with E-state index in [1.54, 1.807) is 18.2 Å². The number of ether oxygens (including phenoxy) is 1. The smallest absolute Gasteiger partial charge is 0.182 e. The third-order valence-electron chi connectivity index (χ3n) is 4.50. The van der Waals surface area contributed by atoms with E-state index in [0.29, 0.717) is 17.1 Å². The van der Waals surface area contributed by atoms with Gasteiger partial charge in [-0.05, 0) is 54.4 Å². The van der Waals surface area contributed by atoms with Gasteiger partial charge in [0, 0.05) is 28.6 Å². The first kappa shape index (κ1) is 17.1. The molecule has 0 atom stereocenters. The quantitative estimate of drug-likeness (QED) is 0.537. The fraction of sp³-hybridized carbons (Fsp3) is 0.136. The van der Waals surface area contributed by atoms with Crippen LogP contribution in [0.15, 0.2) is 63.8 Å². The highest BCUT2D eigenvalue weighted by Gasteiger charge is 2.19. The molecule has 0 unspecified atom stereocenters. The number of phenolic OH excluding ortho intramolecular Hbond substituents is 1. The van der Waals surface area contributed by atoms with Crippen molar-refractivity contribution in [3.8, 4) is 33.9 Å². The first-order chi connectivity index (χ1) is 13.1. The number of aryl methyl sites for hydroxylation is 1. The Bertz CT molecular complexity index is 1160. The topological polar surface area (TPSA) is 79.9 Å². The van der Waals surface area contributed by atoms with Crippen LogP contribution in [0.5, 0.6) is 11.5 Å². The number of aliphatic hydroxyl groups excluding tert-OH is 1. The zero-order chi connectivity index (χ0) is 19.0. The third-order valence-corrected chi connectivity index (χ3v) is 4.50. The SMILES string of the molecule is Cc1cc(OCCO)ccc1-c1c2ccc(=O)cc-2oc2cc(O)ccc12. The minimum absolute atomic E-state index is 0.0444. The monoisotopic (exact) mass is 362 g/mol. The summed E-state index contributed by atoms with van der Waals surface area (Å²) in [6.07, 6.45) is 0. The summed E-state index contributed by atoms with van der Waals surface area (Å²) in [5.41, 5.74) is 4.07. The van der Waals surface area contributed by atoms with E-state index in [0.717, 1.165) is 27.6 Å². The minimum atomic E-state index is -0.138. The van der Waals surface area contributed by atoms with E-state index in [-0.39, 0.29) is 24.4 Å². The Hall–Kier alpha value is -3.31. The van der Waals surface area contributed by atoms with Crippen molar-refractivity contribution in [1.29, 1.82) is 0 Å². The van der Waals surface area contributed by atoms with Crippen molar-refractivity contribution >= 4 is 11.0 Å². The minimum Gasteiger partial charge on any atom is -0.508 e. The molecule has 0 saturated carbocycles. The highest BCUT2D eigenvalue weighted by Crippen LogP contribution is 2.42. The van der Waals surface area contributed by atoms with Crippen molar-refractivity contribution in [2.75, 3.05) is 13.2 Å². The van der Waals surface area contributed by atoms with Crippen molar-refractivity contribution in [3.63, 3.8) is 0 Å². The van der Waals surface area contributed by atoms with Crippen LogP contribution in [0.3, 0.4) is 0 Å². The average molecular weight is 362 g/mol. The molecule has 5 heteroatoms. The normalized spacial score (nSPS) is 11.2. The van der Waals surface area contributed by atoms with Crippen LogP contribution in [0, 0.1) is 6.92 Å². The van der Waals surface area contributed by atoms with Crippen molar-refractivity contribution < 1.29 is 19.4 Å². The van der Waals surface area contributed by atoms with Crippen LogP contribution < -0.4 is 10.2 Å². The lowest BCUT2D eigenvalue weighted by atomic mass is 9.91. The summed E-state index contributed by atoms with van der Waals surface area (Å²) in [7, 11) is 0. The standard InChI is InChI=1S/C22H18O5/c1-13-10-16(26-9-8-23)4-7-17(13)22-18-5-2-14(24)11-20(18)27-21-12-15(25)3-6-19(21)22/h2-7,10-12,23-24H,8-9H2,1H3. The van der Waals surface area contributed by atoms with E-state index in [4.69, 9.17) is 14.3 Å². The molecular weight excluding hydrogens is 344 g/mol. The summed E-state index contributed by atoms with van der Waals surface area (Å²) in [6.45, 7) is 2.17. The number of hydrogen-bond donors (Lipinski definition) is 2. The molecule has 2 aromatic rings.